The van der Waals surface area contributed by atoms with Gasteiger partial charge in [0.1, 0.15) is 0 Å². The van der Waals surface area contributed by atoms with E-state index in [0.717, 1.165) is 22.4 Å². The van der Waals surface area contributed by atoms with Crippen molar-refractivity contribution in [1.82, 2.24) is 9.88 Å². The van der Waals surface area contributed by atoms with Crippen molar-refractivity contribution in [3.8, 4) is 11.3 Å². The van der Waals surface area contributed by atoms with Crippen molar-refractivity contribution in [2.24, 2.45) is 0 Å². The first kappa shape index (κ1) is 21.3. The Kier molecular flexibility index (Phi) is 6.67. The number of likely N-dealkylation sites (N-methyl/N-ethyl adjacent to an activating group) is 1. The van der Waals surface area contributed by atoms with Gasteiger partial charge in [0.05, 0.1) is 12.7 Å². The van der Waals surface area contributed by atoms with Gasteiger partial charge in [0.2, 0.25) is 11.8 Å². The first-order valence-corrected chi connectivity index (χ1v) is 9.95. The quantitative estimate of drug-likeness (QED) is 0.636. The summed E-state index contributed by atoms with van der Waals surface area (Å²) in [6.45, 7) is 5.91. The van der Waals surface area contributed by atoms with Gasteiger partial charge in [-0.15, -0.1) is 0 Å². The molecular formula is C24H27N3O3. The summed E-state index contributed by atoms with van der Waals surface area (Å²) in [5.74, 6) is 0.828. The van der Waals surface area contributed by atoms with Gasteiger partial charge in [-0.3, -0.25) is 9.59 Å². The number of hydrogen-bond acceptors (Lipinski definition) is 4. The first-order chi connectivity index (χ1) is 14.3. The molecular weight excluding hydrogens is 378 g/mol. The number of hydrogen-bond donors (Lipinski definition) is 1. The topological polar surface area (TPSA) is 75.4 Å². The highest BCUT2D eigenvalue weighted by Gasteiger charge is 2.16. The molecule has 1 heterocycles. The van der Waals surface area contributed by atoms with Crippen LogP contribution in [0.25, 0.3) is 11.3 Å². The normalized spacial score (nSPS) is 10.7. The third-order valence-electron chi connectivity index (χ3n) is 4.99. The Morgan fingerprint density at radius 3 is 2.37 bits per heavy atom. The summed E-state index contributed by atoms with van der Waals surface area (Å²) in [5.41, 5.74) is 4.91. The number of aryl methyl sites for hydroxylation is 4. The lowest BCUT2D eigenvalue weighted by atomic mass is 10.1. The standard InChI is InChI=1S/C24H27N3O3/c1-16-8-10-19(11-9-16)20-14-25-22(30-20)12-13-23(29)27(4)15-21(28)26-24-17(2)6-5-7-18(24)3/h5-11,14H,12-13,15H2,1-4H3,(H,26,28). The molecule has 0 saturated heterocycles. The summed E-state index contributed by atoms with van der Waals surface area (Å²) in [6.07, 6.45) is 2.28. The molecule has 0 radical (unpaired) electrons. The van der Waals surface area contributed by atoms with Gasteiger partial charge < -0.3 is 14.6 Å². The average Bonchev–Trinajstić information content (AvgIpc) is 3.18. The second-order valence-corrected chi connectivity index (χ2v) is 7.55. The molecule has 0 unspecified atom stereocenters. The summed E-state index contributed by atoms with van der Waals surface area (Å²) in [4.78, 5) is 30.5. The summed E-state index contributed by atoms with van der Waals surface area (Å²) in [7, 11) is 1.62. The molecule has 30 heavy (non-hydrogen) atoms. The average molecular weight is 405 g/mol. The number of benzene rings is 2. The minimum Gasteiger partial charge on any atom is -0.441 e. The van der Waals surface area contributed by atoms with Crippen LogP contribution in [0.2, 0.25) is 0 Å². The van der Waals surface area contributed by atoms with Crippen LogP contribution in [0, 0.1) is 20.8 Å². The fraction of sp³-hybridized carbons (Fsp3) is 0.292. The maximum Gasteiger partial charge on any atom is 0.243 e. The number of carbonyl (C=O) groups excluding carboxylic acids is 2. The number of carbonyl (C=O) groups is 2. The second kappa shape index (κ2) is 9.39. The van der Waals surface area contributed by atoms with Gasteiger partial charge in [-0.2, -0.15) is 0 Å². The molecule has 0 bridgehead atoms. The largest absolute Gasteiger partial charge is 0.441 e. The van der Waals surface area contributed by atoms with Crippen LogP contribution in [0.15, 0.2) is 53.1 Å². The zero-order chi connectivity index (χ0) is 21.7. The lowest BCUT2D eigenvalue weighted by Crippen LogP contribution is -2.35. The molecule has 0 atom stereocenters. The molecule has 0 aliphatic carbocycles. The molecule has 2 aromatic carbocycles. The molecule has 0 spiro atoms. The van der Waals surface area contributed by atoms with Crippen LogP contribution in [0.4, 0.5) is 5.69 Å². The number of nitrogens with one attached hydrogen (secondary N) is 1. The van der Waals surface area contributed by atoms with Gasteiger partial charge in [-0.1, -0.05) is 48.0 Å². The maximum atomic E-state index is 12.4. The van der Waals surface area contributed by atoms with E-state index in [1.165, 1.54) is 10.5 Å². The molecule has 0 fully saturated rings. The smallest absolute Gasteiger partial charge is 0.243 e. The van der Waals surface area contributed by atoms with Crippen molar-refractivity contribution >= 4 is 17.5 Å². The van der Waals surface area contributed by atoms with Gasteiger partial charge in [0.15, 0.2) is 11.7 Å². The molecule has 3 aromatic rings. The van der Waals surface area contributed by atoms with Crippen molar-refractivity contribution in [3.05, 3.63) is 71.2 Å². The summed E-state index contributed by atoms with van der Waals surface area (Å²) in [6, 6.07) is 13.8. The van der Waals surface area contributed by atoms with Crippen LogP contribution in [0.1, 0.15) is 29.0 Å². The number of anilines is 1. The van der Waals surface area contributed by atoms with E-state index in [-0.39, 0.29) is 24.8 Å². The van der Waals surface area contributed by atoms with E-state index >= 15 is 0 Å². The third kappa shape index (κ3) is 5.35. The van der Waals surface area contributed by atoms with Crippen molar-refractivity contribution < 1.29 is 14.0 Å². The number of rotatable bonds is 7. The van der Waals surface area contributed by atoms with Gasteiger partial charge in [-0.05, 0) is 31.9 Å². The highest BCUT2D eigenvalue weighted by molar-refractivity contribution is 5.95. The predicted molar refractivity (Wildman–Crippen MR) is 117 cm³/mol. The van der Waals surface area contributed by atoms with E-state index in [2.05, 4.69) is 10.3 Å². The highest BCUT2D eigenvalue weighted by Crippen LogP contribution is 2.22. The fourth-order valence-electron chi connectivity index (χ4n) is 3.18. The Morgan fingerprint density at radius 2 is 1.70 bits per heavy atom. The Labute approximate surface area is 176 Å². The van der Waals surface area contributed by atoms with E-state index < -0.39 is 0 Å². The van der Waals surface area contributed by atoms with Crippen LogP contribution in [0.3, 0.4) is 0 Å². The molecule has 3 rings (SSSR count). The molecule has 0 saturated carbocycles. The van der Waals surface area contributed by atoms with Crippen LogP contribution >= 0.6 is 0 Å². The Balaban J connectivity index is 1.51. The van der Waals surface area contributed by atoms with Crippen LogP contribution in [-0.4, -0.2) is 35.3 Å². The number of para-hydroxylation sites is 1. The minimum atomic E-state index is -0.221. The van der Waals surface area contributed by atoms with Crippen LogP contribution in [-0.2, 0) is 16.0 Å². The van der Waals surface area contributed by atoms with Crippen molar-refractivity contribution in [2.45, 2.75) is 33.6 Å². The molecule has 0 aliphatic rings. The molecule has 6 nitrogen and oxygen atoms in total. The Bertz CT molecular complexity index is 1020. The molecule has 1 aromatic heterocycles. The predicted octanol–water partition coefficient (Wildman–Crippen LogP) is 4.30. The number of nitrogens with zero attached hydrogens (tertiary/aromatic N) is 2. The monoisotopic (exact) mass is 405 g/mol. The summed E-state index contributed by atoms with van der Waals surface area (Å²) in [5, 5.41) is 2.90. The molecule has 0 aliphatic heterocycles. The zero-order valence-corrected chi connectivity index (χ0v) is 17.9. The highest BCUT2D eigenvalue weighted by atomic mass is 16.4. The third-order valence-corrected chi connectivity index (χ3v) is 4.99. The first-order valence-electron chi connectivity index (χ1n) is 9.95. The van der Waals surface area contributed by atoms with Crippen molar-refractivity contribution in [3.63, 3.8) is 0 Å². The second-order valence-electron chi connectivity index (χ2n) is 7.55. The number of oxazole rings is 1. The summed E-state index contributed by atoms with van der Waals surface area (Å²) < 4.78 is 5.77. The van der Waals surface area contributed by atoms with Crippen LogP contribution < -0.4 is 5.32 Å². The van der Waals surface area contributed by atoms with Gasteiger partial charge in [-0.25, -0.2) is 4.98 Å². The Hall–Kier alpha value is -3.41. The van der Waals surface area contributed by atoms with Gasteiger partial charge in [0, 0.05) is 31.1 Å². The molecule has 2 amide bonds. The SMILES string of the molecule is Cc1ccc(-c2cnc(CCC(=O)N(C)CC(=O)Nc3c(C)cccc3C)o2)cc1. The zero-order valence-electron chi connectivity index (χ0n) is 17.9. The molecule has 156 valence electrons. The van der Waals surface area contributed by atoms with E-state index in [1.54, 1.807) is 13.2 Å². The van der Waals surface area contributed by atoms with E-state index in [0.29, 0.717) is 18.1 Å². The minimum absolute atomic E-state index is 0.00714. The van der Waals surface area contributed by atoms with Crippen molar-refractivity contribution in [1.29, 1.82) is 0 Å². The van der Waals surface area contributed by atoms with Crippen LogP contribution in [0.5, 0.6) is 0 Å². The van der Waals surface area contributed by atoms with E-state index in [1.807, 2.05) is 63.2 Å². The van der Waals surface area contributed by atoms with Gasteiger partial charge >= 0.3 is 0 Å². The Morgan fingerprint density at radius 1 is 1.03 bits per heavy atom. The lowest BCUT2D eigenvalue weighted by Gasteiger charge is -2.18. The van der Waals surface area contributed by atoms with E-state index in [4.69, 9.17) is 4.42 Å². The maximum absolute atomic E-state index is 12.4. The van der Waals surface area contributed by atoms with E-state index in [9.17, 15) is 9.59 Å². The fourth-order valence-corrected chi connectivity index (χ4v) is 3.18. The number of aromatic nitrogens is 1. The van der Waals surface area contributed by atoms with Crippen molar-refractivity contribution in [2.75, 3.05) is 18.9 Å². The lowest BCUT2D eigenvalue weighted by molar-refractivity contribution is -0.133. The molecule has 1 N–H and O–H groups in total. The molecule has 6 heteroatoms. The van der Waals surface area contributed by atoms with Gasteiger partial charge in [0.25, 0.3) is 0 Å². The number of amides is 2. The summed E-state index contributed by atoms with van der Waals surface area (Å²) >= 11 is 0.